The Balaban J connectivity index is 1.22. The molecule has 2 fully saturated rings. The van der Waals surface area contributed by atoms with Crippen molar-refractivity contribution in [3.05, 3.63) is 48.3 Å². The van der Waals surface area contributed by atoms with Gasteiger partial charge < -0.3 is 15.0 Å². The molecule has 150 valence electrons. The maximum Gasteiger partial charge on any atom is 0.274 e. The van der Waals surface area contributed by atoms with E-state index in [1.807, 2.05) is 52.2 Å². The fraction of sp³-hybridized carbons (Fsp3) is 0.524. The SMILES string of the molecule is O=C(c1ccn(C2CCCNC2)n1)N1CCN(CCOc2ccccc2)CC1. The number of piperazine rings is 1. The first-order chi connectivity index (χ1) is 13.8. The standard InChI is InChI=1S/C21H29N5O2/c27-21(20-8-10-26(23-20)18-5-4-9-22-17-18)25-13-11-24(12-14-25)15-16-28-19-6-2-1-3-7-19/h1-3,6-8,10,18,22H,4-5,9,11-17H2. The van der Waals surface area contributed by atoms with Crippen LogP contribution in [0.4, 0.5) is 0 Å². The number of hydrogen-bond acceptors (Lipinski definition) is 5. The Morgan fingerprint density at radius 3 is 2.71 bits per heavy atom. The molecule has 2 aromatic rings. The molecule has 0 spiro atoms. The molecule has 4 rings (SSSR count). The van der Waals surface area contributed by atoms with Crippen molar-refractivity contribution in [2.24, 2.45) is 0 Å². The number of ether oxygens (including phenoxy) is 1. The van der Waals surface area contributed by atoms with Crippen LogP contribution in [0.25, 0.3) is 0 Å². The minimum absolute atomic E-state index is 0.0442. The van der Waals surface area contributed by atoms with Crippen molar-refractivity contribution in [1.82, 2.24) is 24.9 Å². The third kappa shape index (κ3) is 4.72. The van der Waals surface area contributed by atoms with Crippen molar-refractivity contribution in [3.8, 4) is 5.75 Å². The molecular formula is C21H29N5O2. The van der Waals surface area contributed by atoms with Gasteiger partial charge in [-0.1, -0.05) is 18.2 Å². The van der Waals surface area contributed by atoms with E-state index in [0.29, 0.717) is 18.3 Å². The van der Waals surface area contributed by atoms with E-state index in [0.717, 1.165) is 64.4 Å². The van der Waals surface area contributed by atoms with Crippen molar-refractivity contribution in [1.29, 1.82) is 0 Å². The molecule has 1 atom stereocenters. The van der Waals surface area contributed by atoms with Gasteiger partial charge in [-0.3, -0.25) is 14.4 Å². The highest BCUT2D eigenvalue weighted by Crippen LogP contribution is 2.17. The Bertz CT molecular complexity index is 749. The fourth-order valence-electron chi connectivity index (χ4n) is 3.86. The first-order valence-electron chi connectivity index (χ1n) is 10.2. The summed E-state index contributed by atoms with van der Waals surface area (Å²) in [4.78, 5) is 17.1. The van der Waals surface area contributed by atoms with E-state index >= 15 is 0 Å². The van der Waals surface area contributed by atoms with Crippen molar-refractivity contribution in [2.75, 3.05) is 52.4 Å². The van der Waals surface area contributed by atoms with E-state index < -0.39 is 0 Å². The van der Waals surface area contributed by atoms with Gasteiger partial charge in [-0.05, 0) is 37.6 Å². The second-order valence-electron chi connectivity index (χ2n) is 7.48. The van der Waals surface area contributed by atoms with E-state index in [-0.39, 0.29) is 5.91 Å². The molecule has 28 heavy (non-hydrogen) atoms. The van der Waals surface area contributed by atoms with Gasteiger partial charge in [0.1, 0.15) is 18.1 Å². The third-order valence-electron chi connectivity index (χ3n) is 5.55. The van der Waals surface area contributed by atoms with Gasteiger partial charge in [0, 0.05) is 45.5 Å². The van der Waals surface area contributed by atoms with E-state index in [9.17, 15) is 4.79 Å². The number of rotatable bonds is 6. The molecule has 1 amide bonds. The van der Waals surface area contributed by atoms with E-state index in [2.05, 4.69) is 15.3 Å². The van der Waals surface area contributed by atoms with Crippen LogP contribution in [-0.4, -0.2) is 77.9 Å². The lowest BCUT2D eigenvalue weighted by atomic mass is 10.1. The molecule has 2 aliphatic heterocycles. The van der Waals surface area contributed by atoms with Gasteiger partial charge in [0.15, 0.2) is 0 Å². The summed E-state index contributed by atoms with van der Waals surface area (Å²) in [6.07, 6.45) is 4.22. The Morgan fingerprint density at radius 2 is 1.96 bits per heavy atom. The number of nitrogens with one attached hydrogen (secondary N) is 1. The molecule has 1 N–H and O–H groups in total. The summed E-state index contributed by atoms with van der Waals surface area (Å²) in [6.45, 7) is 6.76. The van der Waals surface area contributed by atoms with Gasteiger partial charge in [0.25, 0.3) is 5.91 Å². The van der Waals surface area contributed by atoms with Crippen molar-refractivity contribution in [3.63, 3.8) is 0 Å². The highest BCUT2D eigenvalue weighted by molar-refractivity contribution is 5.92. The van der Waals surface area contributed by atoms with Crippen molar-refractivity contribution < 1.29 is 9.53 Å². The van der Waals surface area contributed by atoms with Crippen LogP contribution in [0.3, 0.4) is 0 Å². The van der Waals surface area contributed by atoms with Crippen molar-refractivity contribution >= 4 is 5.91 Å². The second-order valence-corrected chi connectivity index (χ2v) is 7.48. The summed E-state index contributed by atoms with van der Waals surface area (Å²) in [5, 5.41) is 7.96. The lowest BCUT2D eigenvalue weighted by Crippen LogP contribution is -2.49. The molecule has 2 aliphatic rings. The fourth-order valence-corrected chi connectivity index (χ4v) is 3.86. The average Bonchev–Trinajstić information content (AvgIpc) is 3.25. The Labute approximate surface area is 166 Å². The zero-order chi connectivity index (χ0) is 19.2. The molecule has 0 saturated carbocycles. The number of carbonyl (C=O) groups is 1. The molecule has 0 aliphatic carbocycles. The molecule has 7 heteroatoms. The molecule has 0 radical (unpaired) electrons. The molecule has 1 aromatic heterocycles. The number of aromatic nitrogens is 2. The molecule has 1 aromatic carbocycles. The quantitative estimate of drug-likeness (QED) is 0.822. The van der Waals surface area contributed by atoms with E-state index in [1.165, 1.54) is 0 Å². The summed E-state index contributed by atoms with van der Waals surface area (Å²) in [5.41, 5.74) is 0.562. The lowest BCUT2D eigenvalue weighted by molar-refractivity contribution is 0.0613. The van der Waals surface area contributed by atoms with Crippen LogP contribution in [0, 0.1) is 0 Å². The third-order valence-corrected chi connectivity index (χ3v) is 5.55. The second kappa shape index (κ2) is 9.21. The minimum atomic E-state index is 0.0442. The number of benzene rings is 1. The maximum absolute atomic E-state index is 12.8. The minimum Gasteiger partial charge on any atom is -0.492 e. The molecule has 2 saturated heterocycles. The van der Waals surface area contributed by atoms with Crippen LogP contribution in [0.5, 0.6) is 5.75 Å². The number of amides is 1. The van der Waals surface area contributed by atoms with Gasteiger partial charge >= 0.3 is 0 Å². The summed E-state index contributed by atoms with van der Waals surface area (Å²) in [6, 6.07) is 12.1. The normalized spacial score (nSPS) is 20.9. The topological polar surface area (TPSA) is 62.6 Å². The first-order valence-corrected chi connectivity index (χ1v) is 10.2. The van der Waals surface area contributed by atoms with Gasteiger partial charge in [0.05, 0.1) is 6.04 Å². The Kier molecular flexibility index (Phi) is 6.24. The maximum atomic E-state index is 12.8. The number of nitrogens with zero attached hydrogens (tertiary/aromatic N) is 4. The van der Waals surface area contributed by atoms with Crippen LogP contribution < -0.4 is 10.1 Å². The van der Waals surface area contributed by atoms with Crippen LogP contribution >= 0.6 is 0 Å². The zero-order valence-corrected chi connectivity index (χ0v) is 16.3. The lowest BCUT2D eigenvalue weighted by Gasteiger charge is -2.34. The largest absolute Gasteiger partial charge is 0.492 e. The molecule has 3 heterocycles. The highest BCUT2D eigenvalue weighted by atomic mass is 16.5. The summed E-state index contributed by atoms with van der Waals surface area (Å²) >= 11 is 0. The number of carbonyl (C=O) groups excluding carboxylic acids is 1. The van der Waals surface area contributed by atoms with Crippen LogP contribution in [0.15, 0.2) is 42.6 Å². The van der Waals surface area contributed by atoms with E-state index in [1.54, 1.807) is 0 Å². The Hall–Kier alpha value is -2.38. The van der Waals surface area contributed by atoms with Gasteiger partial charge in [-0.15, -0.1) is 0 Å². The predicted octanol–water partition coefficient (Wildman–Crippen LogP) is 1.64. The van der Waals surface area contributed by atoms with Gasteiger partial charge in [0.2, 0.25) is 0 Å². The van der Waals surface area contributed by atoms with Gasteiger partial charge in [-0.25, -0.2) is 0 Å². The molecule has 0 bridgehead atoms. The van der Waals surface area contributed by atoms with Crippen molar-refractivity contribution in [2.45, 2.75) is 18.9 Å². The Morgan fingerprint density at radius 1 is 1.14 bits per heavy atom. The number of para-hydroxylation sites is 1. The van der Waals surface area contributed by atoms with Crippen LogP contribution in [-0.2, 0) is 0 Å². The van der Waals surface area contributed by atoms with E-state index in [4.69, 9.17) is 4.74 Å². The zero-order valence-electron chi connectivity index (χ0n) is 16.3. The van der Waals surface area contributed by atoms with Crippen LogP contribution in [0.2, 0.25) is 0 Å². The number of hydrogen-bond donors (Lipinski definition) is 1. The smallest absolute Gasteiger partial charge is 0.274 e. The van der Waals surface area contributed by atoms with Crippen LogP contribution in [0.1, 0.15) is 29.4 Å². The first kappa shape index (κ1) is 19.0. The molecular weight excluding hydrogens is 354 g/mol. The summed E-state index contributed by atoms with van der Waals surface area (Å²) in [5.74, 6) is 0.947. The average molecular weight is 383 g/mol. The highest BCUT2D eigenvalue weighted by Gasteiger charge is 2.24. The summed E-state index contributed by atoms with van der Waals surface area (Å²) < 4.78 is 7.73. The number of piperidine rings is 1. The summed E-state index contributed by atoms with van der Waals surface area (Å²) in [7, 11) is 0. The monoisotopic (exact) mass is 383 g/mol. The van der Waals surface area contributed by atoms with Gasteiger partial charge in [-0.2, -0.15) is 5.10 Å². The predicted molar refractivity (Wildman–Crippen MR) is 108 cm³/mol. The molecule has 1 unspecified atom stereocenters. The molecule has 7 nitrogen and oxygen atoms in total.